The summed E-state index contributed by atoms with van der Waals surface area (Å²) in [6.07, 6.45) is 2.98. The minimum absolute atomic E-state index is 0.253. The Labute approximate surface area is 81.9 Å². The van der Waals surface area contributed by atoms with Crippen LogP contribution in [0.25, 0.3) is 0 Å². The van der Waals surface area contributed by atoms with Crippen molar-refractivity contribution in [2.24, 2.45) is 5.92 Å². The van der Waals surface area contributed by atoms with Crippen molar-refractivity contribution in [3.05, 3.63) is 24.3 Å². The van der Waals surface area contributed by atoms with Crippen molar-refractivity contribution in [3.63, 3.8) is 0 Å². The molecule has 74 valence electrons. The molecule has 3 heterocycles. The summed E-state index contributed by atoms with van der Waals surface area (Å²) in [5.74, 6) is 0.496. The number of rotatable bonds is 1. The van der Waals surface area contributed by atoms with Crippen LogP contribution in [0, 0.1) is 11.7 Å². The van der Waals surface area contributed by atoms with Crippen LogP contribution in [0.15, 0.2) is 18.5 Å². The number of fused-ring (bicyclic) bond motifs is 1. The molecule has 1 aromatic rings. The highest BCUT2D eigenvalue weighted by Gasteiger charge is 2.42. The molecule has 0 amide bonds. The summed E-state index contributed by atoms with van der Waals surface area (Å²) in [4.78, 5) is 6.09. The van der Waals surface area contributed by atoms with Crippen molar-refractivity contribution in [3.8, 4) is 0 Å². The van der Waals surface area contributed by atoms with Gasteiger partial charge in [0.2, 0.25) is 0 Å². The highest BCUT2D eigenvalue weighted by Crippen LogP contribution is 2.32. The van der Waals surface area contributed by atoms with Crippen molar-refractivity contribution >= 4 is 5.69 Å². The number of halogens is 1. The van der Waals surface area contributed by atoms with Crippen LogP contribution < -0.4 is 10.2 Å². The van der Waals surface area contributed by atoms with Crippen molar-refractivity contribution in [1.82, 2.24) is 10.3 Å². The molecular formula is C10H12FN3. The fraction of sp³-hybridized carbons (Fsp3) is 0.500. The molecule has 0 radical (unpaired) electrons. The minimum Gasteiger partial charge on any atom is -0.365 e. The van der Waals surface area contributed by atoms with Gasteiger partial charge in [0.25, 0.3) is 0 Å². The second-order valence-corrected chi connectivity index (χ2v) is 4.00. The van der Waals surface area contributed by atoms with Crippen LogP contribution in [-0.4, -0.2) is 30.7 Å². The molecule has 0 aromatic carbocycles. The second-order valence-electron chi connectivity index (χ2n) is 4.00. The van der Waals surface area contributed by atoms with E-state index in [0.29, 0.717) is 6.04 Å². The third-order valence-corrected chi connectivity index (χ3v) is 3.16. The normalized spacial score (nSPS) is 29.9. The summed E-state index contributed by atoms with van der Waals surface area (Å²) in [7, 11) is 0. The van der Waals surface area contributed by atoms with Gasteiger partial charge in [0.15, 0.2) is 0 Å². The molecule has 14 heavy (non-hydrogen) atoms. The molecule has 2 atom stereocenters. The summed E-state index contributed by atoms with van der Waals surface area (Å²) >= 11 is 0. The van der Waals surface area contributed by atoms with E-state index < -0.39 is 0 Å². The maximum atomic E-state index is 12.9. The van der Waals surface area contributed by atoms with E-state index >= 15 is 0 Å². The van der Waals surface area contributed by atoms with Crippen LogP contribution in [0.3, 0.4) is 0 Å². The Hall–Kier alpha value is -1.16. The molecule has 3 nitrogen and oxygen atoms in total. The molecule has 1 aromatic heterocycles. The van der Waals surface area contributed by atoms with Gasteiger partial charge >= 0.3 is 0 Å². The van der Waals surface area contributed by atoms with Crippen LogP contribution >= 0.6 is 0 Å². The average molecular weight is 193 g/mol. The standard InChI is InChI=1S/C10H12FN3/c11-8-1-9(4-13-3-8)14-6-7-2-12-5-10(7)14/h1,3-4,7,10,12H,2,5-6H2/t7-,10-/m1/s1. The van der Waals surface area contributed by atoms with E-state index in [2.05, 4.69) is 15.2 Å². The molecule has 3 rings (SSSR count). The van der Waals surface area contributed by atoms with Gasteiger partial charge in [-0.2, -0.15) is 0 Å². The summed E-state index contributed by atoms with van der Waals surface area (Å²) in [6.45, 7) is 3.15. The van der Waals surface area contributed by atoms with E-state index in [9.17, 15) is 4.39 Å². The first-order valence-electron chi connectivity index (χ1n) is 4.92. The highest BCUT2D eigenvalue weighted by atomic mass is 19.1. The van der Waals surface area contributed by atoms with E-state index in [1.807, 2.05) is 0 Å². The molecule has 0 saturated carbocycles. The topological polar surface area (TPSA) is 28.2 Å². The molecule has 1 N–H and O–H groups in total. The third-order valence-electron chi connectivity index (χ3n) is 3.16. The molecule has 0 bridgehead atoms. The maximum absolute atomic E-state index is 12.9. The zero-order chi connectivity index (χ0) is 9.54. The van der Waals surface area contributed by atoms with Crippen LogP contribution in [-0.2, 0) is 0 Å². The molecule has 2 aliphatic heterocycles. The number of anilines is 1. The lowest BCUT2D eigenvalue weighted by Crippen LogP contribution is -2.55. The van der Waals surface area contributed by atoms with Gasteiger partial charge < -0.3 is 10.2 Å². The van der Waals surface area contributed by atoms with E-state index in [1.165, 1.54) is 6.20 Å². The fourth-order valence-corrected chi connectivity index (χ4v) is 2.37. The first kappa shape index (κ1) is 8.17. The molecule has 0 spiro atoms. The van der Waals surface area contributed by atoms with Gasteiger partial charge in [0.1, 0.15) is 5.82 Å². The number of nitrogens with zero attached hydrogens (tertiary/aromatic N) is 2. The lowest BCUT2D eigenvalue weighted by Gasteiger charge is -2.45. The monoisotopic (exact) mass is 193 g/mol. The van der Waals surface area contributed by atoms with E-state index in [-0.39, 0.29) is 5.82 Å². The maximum Gasteiger partial charge on any atom is 0.143 e. The number of aromatic nitrogens is 1. The number of pyridine rings is 1. The van der Waals surface area contributed by atoms with Crippen molar-refractivity contribution in [2.75, 3.05) is 24.5 Å². The third kappa shape index (κ3) is 1.10. The predicted octanol–water partition coefficient (Wildman–Crippen LogP) is 0.629. The Morgan fingerprint density at radius 1 is 1.43 bits per heavy atom. The summed E-state index contributed by atoms with van der Waals surface area (Å²) in [5, 5.41) is 3.34. The molecular weight excluding hydrogens is 181 g/mol. The lowest BCUT2D eigenvalue weighted by atomic mass is 9.91. The fourth-order valence-electron chi connectivity index (χ4n) is 2.37. The van der Waals surface area contributed by atoms with Gasteiger partial charge in [-0.3, -0.25) is 4.98 Å². The Morgan fingerprint density at radius 3 is 3.14 bits per heavy atom. The Kier molecular flexibility index (Phi) is 1.70. The summed E-state index contributed by atoms with van der Waals surface area (Å²) in [5.41, 5.74) is 0.912. The first-order valence-corrected chi connectivity index (χ1v) is 4.92. The van der Waals surface area contributed by atoms with Crippen LogP contribution in [0.1, 0.15) is 0 Å². The van der Waals surface area contributed by atoms with E-state index in [1.54, 1.807) is 12.3 Å². The van der Waals surface area contributed by atoms with Gasteiger partial charge in [-0.1, -0.05) is 0 Å². The van der Waals surface area contributed by atoms with E-state index in [0.717, 1.165) is 31.2 Å². The van der Waals surface area contributed by atoms with Gasteiger partial charge in [-0.05, 0) is 0 Å². The first-order chi connectivity index (χ1) is 6.84. The van der Waals surface area contributed by atoms with Gasteiger partial charge in [-0.15, -0.1) is 0 Å². The molecule has 2 fully saturated rings. The SMILES string of the molecule is Fc1cncc(N2C[C@H]3CNC[C@H]32)c1. The second kappa shape index (κ2) is 2.92. The van der Waals surface area contributed by atoms with Crippen molar-refractivity contribution < 1.29 is 4.39 Å². The quantitative estimate of drug-likeness (QED) is 0.709. The molecule has 4 heteroatoms. The number of nitrogens with one attached hydrogen (secondary N) is 1. The zero-order valence-corrected chi connectivity index (χ0v) is 7.78. The van der Waals surface area contributed by atoms with Crippen molar-refractivity contribution in [2.45, 2.75) is 6.04 Å². The highest BCUT2D eigenvalue weighted by molar-refractivity contribution is 5.49. The van der Waals surface area contributed by atoms with Crippen LogP contribution in [0.2, 0.25) is 0 Å². The molecule has 0 unspecified atom stereocenters. The van der Waals surface area contributed by atoms with Gasteiger partial charge in [-0.25, -0.2) is 4.39 Å². The number of hydrogen-bond acceptors (Lipinski definition) is 3. The lowest BCUT2D eigenvalue weighted by molar-refractivity contribution is 0.364. The minimum atomic E-state index is -0.253. The smallest absolute Gasteiger partial charge is 0.143 e. The van der Waals surface area contributed by atoms with Crippen LogP contribution in [0.5, 0.6) is 0 Å². The molecule has 2 saturated heterocycles. The van der Waals surface area contributed by atoms with Gasteiger partial charge in [0.05, 0.1) is 18.1 Å². The Bertz CT molecular complexity index is 355. The Morgan fingerprint density at radius 2 is 2.36 bits per heavy atom. The summed E-state index contributed by atoms with van der Waals surface area (Å²) in [6, 6.07) is 2.11. The van der Waals surface area contributed by atoms with Gasteiger partial charge in [0, 0.05) is 37.7 Å². The van der Waals surface area contributed by atoms with Crippen molar-refractivity contribution in [1.29, 1.82) is 0 Å². The zero-order valence-electron chi connectivity index (χ0n) is 7.78. The van der Waals surface area contributed by atoms with E-state index in [4.69, 9.17) is 0 Å². The predicted molar refractivity (Wildman–Crippen MR) is 51.7 cm³/mol. The largest absolute Gasteiger partial charge is 0.365 e. The molecule has 2 aliphatic rings. The molecule has 0 aliphatic carbocycles. The number of hydrogen-bond donors (Lipinski definition) is 1. The van der Waals surface area contributed by atoms with Crippen LogP contribution in [0.4, 0.5) is 10.1 Å². The summed E-state index contributed by atoms with van der Waals surface area (Å²) < 4.78 is 12.9. The Balaban J connectivity index is 1.83. The average Bonchev–Trinajstić information content (AvgIpc) is 2.48.